The lowest BCUT2D eigenvalue weighted by Gasteiger charge is -2.26. The SMILES string of the molecule is CC(C)CNCc1cc(-c2cnn3cc(-c4ccc(OCCN5CCCCC5)cc4)cnc23)cs1. The van der Waals surface area contributed by atoms with E-state index in [0.717, 1.165) is 54.3 Å². The van der Waals surface area contributed by atoms with Crippen molar-refractivity contribution in [3.8, 4) is 28.0 Å². The van der Waals surface area contributed by atoms with E-state index in [2.05, 4.69) is 58.9 Å². The average Bonchev–Trinajstić information content (AvgIpc) is 3.51. The molecule has 35 heavy (non-hydrogen) atoms. The summed E-state index contributed by atoms with van der Waals surface area (Å²) in [5, 5.41) is 10.3. The van der Waals surface area contributed by atoms with E-state index in [0.29, 0.717) is 5.92 Å². The van der Waals surface area contributed by atoms with E-state index in [1.54, 1.807) is 11.3 Å². The Morgan fingerprint density at radius 3 is 2.66 bits per heavy atom. The van der Waals surface area contributed by atoms with Crippen molar-refractivity contribution in [1.29, 1.82) is 0 Å². The summed E-state index contributed by atoms with van der Waals surface area (Å²) in [5.74, 6) is 1.57. The van der Waals surface area contributed by atoms with Gasteiger partial charge in [-0.15, -0.1) is 11.3 Å². The monoisotopic (exact) mass is 489 g/mol. The zero-order valence-corrected chi connectivity index (χ0v) is 21.6. The minimum atomic E-state index is 0.653. The second kappa shape index (κ2) is 11.3. The van der Waals surface area contributed by atoms with Gasteiger partial charge < -0.3 is 10.1 Å². The molecule has 6 nitrogen and oxygen atoms in total. The Morgan fingerprint density at radius 1 is 1.03 bits per heavy atom. The molecule has 0 atom stereocenters. The number of nitrogens with zero attached hydrogens (tertiary/aromatic N) is 4. The zero-order valence-electron chi connectivity index (χ0n) is 20.7. The third kappa shape index (κ3) is 6.10. The highest BCUT2D eigenvalue weighted by atomic mass is 32.1. The van der Waals surface area contributed by atoms with Crippen LogP contribution >= 0.6 is 11.3 Å². The summed E-state index contributed by atoms with van der Waals surface area (Å²) < 4.78 is 7.86. The molecule has 4 heterocycles. The van der Waals surface area contributed by atoms with E-state index in [-0.39, 0.29) is 0 Å². The topological polar surface area (TPSA) is 54.7 Å². The van der Waals surface area contributed by atoms with Gasteiger partial charge in [0, 0.05) is 41.5 Å². The van der Waals surface area contributed by atoms with Crippen LogP contribution in [0.25, 0.3) is 27.9 Å². The maximum absolute atomic E-state index is 5.98. The van der Waals surface area contributed by atoms with Crippen molar-refractivity contribution in [3.05, 3.63) is 59.2 Å². The van der Waals surface area contributed by atoms with Crippen LogP contribution in [0.4, 0.5) is 0 Å². The Labute approximate surface area is 212 Å². The van der Waals surface area contributed by atoms with Crippen LogP contribution in [0, 0.1) is 5.92 Å². The van der Waals surface area contributed by atoms with Gasteiger partial charge in [-0.3, -0.25) is 4.90 Å². The number of hydrogen-bond donors (Lipinski definition) is 1. The number of nitrogens with one attached hydrogen (secondary N) is 1. The minimum absolute atomic E-state index is 0.653. The molecule has 5 rings (SSSR count). The number of piperidine rings is 1. The quantitative estimate of drug-likeness (QED) is 0.308. The first-order valence-corrected chi connectivity index (χ1v) is 13.6. The summed E-state index contributed by atoms with van der Waals surface area (Å²) in [7, 11) is 0. The molecule has 1 N–H and O–H groups in total. The van der Waals surface area contributed by atoms with E-state index >= 15 is 0 Å². The molecular weight excluding hydrogens is 454 g/mol. The maximum atomic E-state index is 5.98. The summed E-state index contributed by atoms with van der Waals surface area (Å²) in [6, 6.07) is 10.5. The number of aromatic nitrogens is 3. The fourth-order valence-corrected chi connectivity index (χ4v) is 5.40. The van der Waals surface area contributed by atoms with Crippen LogP contribution < -0.4 is 10.1 Å². The molecular formula is C28H35N5OS. The van der Waals surface area contributed by atoms with Crippen LogP contribution in [-0.4, -0.2) is 52.3 Å². The number of benzene rings is 1. The molecule has 1 aromatic carbocycles. The van der Waals surface area contributed by atoms with Crippen molar-refractivity contribution in [3.63, 3.8) is 0 Å². The van der Waals surface area contributed by atoms with Gasteiger partial charge in [0.2, 0.25) is 0 Å². The lowest BCUT2D eigenvalue weighted by molar-refractivity contribution is 0.183. The summed E-state index contributed by atoms with van der Waals surface area (Å²) in [4.78, 5) is 8.59. The van der Waals surface area contributed by atoms with Gasteiger partial charge in [-0.1, -0.05) is 32.4 Å². The van der Waals surface area contributed by atoms with Crippen molar-refractivity contribution in [2.45, 2.75) is 39.7 Å². The molecule has 1 saturated heterocycles. The molecule has 7 heteroatoms. The number of ether oxygens (including phenoxy) is 1. The molecule has 0 radical (unpaired) electrons. The van der Waals surface area contributed by atoms with Gasteiger partial charge in [0.05, 0.1) is 6.20 Å². The van der Waals surface area contributed by atoms with Gasteiger partial charge in [0.1, 0.15) is 12.4 Å². The van der Waals surface area contributed by atoms with Crippen molar-refractivity contribution in [2.75, 3.05) is 32.8 Å². The number of thiophene rings is 1. The van der Waals surface area contributed by atoms with Gasteiger partial charge in [-0.2, -0.15) is 5.10 Å². The first kappa shape index (κ1) is 24.0. The summed E-state index contributed by atoms with van der Waals surface area (Å²) in [6.45, 7) is 10.5. The van der Waals surface area contributed by atoms with Crippen LogP contribution in [0.2, 0.25) is 0 Å². The fourth-order valence-electron chi connectivity index (χ4n) is 4.55. The minimum Gasteiger partial charge on any atom is -0.492 e. The molecule has 0 bridgehead atoms. The molecule has 0 aliphatic carbocycles. The summed E-state index contributed by atoms with van der Waals surface area (Å²) >= 11 is 1.78. The van der Waals surface area contributed by atoms with E-state index in [1.807, 2.05) is 29.0 Å². The molecule has 0 spiro atoms. The van der Waals surface area contributed by atoms with Crippen LogP contribution in [-0.2, 0) is 6.54 Å². The standard InChI is InChI=1S/C28H35N5OS/c1-21(2)15-29-17-26-14-23(20-35-26)27-18-31-33-19-24(16-30-28(27)33)22-6-8-25(9-7-22)34-13-12-32-10-4-3-5-11-32/h6-9,14,16,18-21,29H,3-5,10-13,15,17H2,1-2H3. The van der Waals surface area contributed by atoms with E-state index in [9.17, 15) is 0 Å². The first-order chi connectivity index (χ1) is 17.2. The molecule has 0 amide bonds. The van der Waals surface area contributed by atoms with Crippen LogP contribution in [0.3, 0.4) is 0 Å². The van der Waals surface area contributed by atoms with E-state index in [4.69, 9.17) is 9.72 Å². The van der Waals surface area contributed by atoms with E-state index in [1.165, 1.54) is 42.8 Å². The second-order valence-electron chi connectivity index (χ2n) is 9.77. The van der Waals surface area contributed by atoms with Gasteiger partial charge >= 0.3 is 0 Å². The lowest BCUT2D eigenvalue weighted by atomic mass is 10.1. The van der Waals surface area contributed by atoms with Crippen molar-refractivity contribution in [2.24, 2.45) is 5.92 Å². The van der Waals surface area contributed by atoms with E-state index < -0.39 is 0 Å². The number of likely N-dealkylation sites (tertiary alicyclic amines) is 1. The smallest absolute Gasteiger partial charge is 0.162 e. The Kier molecular flexibility index (Phi) is 7.76. The highest BCUT2D eigenvalue weighted by molar-refractivity contribution is 7.10. The first-order valence-electron chi connectivity index (χ1n) is 12.7. The van der Waals surface area contributed by atoms with Crippen molar-refractivity contribution in [1.82, 2.24) is 24.8 Å². The third-order valence-corrected chi connectivity index (χ3v) is 7.42. The molecule has 0 unspecified atom stereocenters. The van der Waals surface area contributed by atoms with Gasteiger partial charge in [0.15, 0.2) is 5.65 Å². The van der Waals surface area contributed by atoms with Crippen molar-refractivity contribution >= 4 is 17.0 Å². The Hall–Kier alpha value is -2.74. The Bertz CT molecular complexity index is 1220. The largest absolute Gasteiger partial charge is 0.492 e. The highest BCUT2D eigenvalue weighted by Gasteiger charge is 2.12. The number of fused-ring (bicyclic) bond motifs is 1. The number of rotatable bonds is 10. The molecule has 184 valence electrons. The summed E-state index contributed by atoms with van der Waals surface area (Å²) in [6.07, 6.45) is 9.90. The Morgan fingerprint density at radius 2 is 1.86 bits per heavy atom. The van der Waals surface area contributed by atoms with Gasteiger partial charge in [0.25, 0.3) is 0 Å². The normalized spacial score (nSPS) is 14.7. The highest BCUT2D eigenvalue weighted by Crippen LogP contribution is 2.30. The molecule has 4 aromatic rings. The molecule has 3 aromatic heterocycles. The average molecular weight is 490 g/mol. The zero-order chi connectivity index (χ0) is 24.0. The molecule has 1 aliphatic rings. The van der Waals surface area contributed by atoms with Crippen LogP contribution in [0.15, 0.2) is 54.3 Å². The van der Waals surface area contributed by atoms with Gasteiger partial charge in [-0.05, 0) is 73.1 Å². The number of hydrogen-bond acceptors (Lipinski definition) is 6. The maximum Gasteiger partial charge on any atom is 0.162 e. The fraction of sp³-hybridized carbons (Fsp3) is 0.429. The third-order valence-electron chi connectivity index (χ3n) is 6.49. The van der Waals surface area contributed by atoms with Crippen LogP contribution in [0.1, 0.15) is 38.0 Å². The Balaban J connectivity index is 1.22. The summed E-state index contributed by atoms with van der Waals surface area (Å²) in [5.41, 5.74) is 5.27. The van der Waals surface area contributed by atoms with Crippen LogP contribution in [0.5, 0.6) is 5.75 Å². The second-order valence-corrected chi connectivity index (χ2v) is 10.8. The predicted molar refractivity (Wildman–Crippen MR) is 144 cm³/mol. The molecule has 0 saturated carbocycles. The van der Waals surface area contributed by atoms with Crippen molar-refractivity contribution < 1.29 is 4.74 Å². The molecule has 1 aliphatic heterocycles. The lowest BCUT2D eigenvalue weighted by Crippen LogP contribution is -2.33. The molecule has 1 fully saturated rings. The van der Waals surface area contributed by atoms with Gasteiger partial charge in [-0.25, -0.2) is 9.50 Å². The predicted octanol–water partition coefficient (Wildman–Crippen LogP) is 5.74.